The number of ether oxygens (including phenoxy) is 2. The van der Waals surface area contributed by atoms with Gasteiger partial charge in [-0.15, -0.1) is 11.3 Å². The number of fused-ring (bicyclic) bond motifs is 1. The predicted molar refractivity (Wildman–Crippen MR) is 145 cm³/mol. The van der Waals surface area contributed by atoms with E-state index in [1.54, 1.807) is 57.5 Å². The van der Waals surface area contributed by atoms with Crippen LogP contribution in [0.1, 0.15) is 37.6 Å². The molecule has 0 aliphatic heterocycles. The van der Waals surface area contributed by atoms with E-state index in [0.29, 0.717) is 21.7 Å². The summed E-state index contributed by atoms with van der Waals surface area (Å²) in [5, 5.41) is 5.69. The Bertz CT molecular complexity index is 1330. The first kappa shape index (κ1) is 27.9. The lowest BCUT2D eigenvalue weighted by Gasteiger charge is -2.24. The summed E-state index contributed by atoms with van der Waals surface area (Å²) in [6, 6.07) is 12.7. The summed E-state index contributed by atoms with van der Waals surface area (Å²) in [5.41, 5.74) is -0.634. The Morgan fingerprint density at radius 3 is 2.61 bits per heavy atom. The maximum Gasteiger partial charge on any atom is 0.313 e. The van der Waals surface area contributed by atoms with Gasteiger partial charge in [-0.1, -0.05) is 29.8 Å². The maximum atomic E-state index is 13.8. The average molecular weight is 550 g/mol. The second-order valence-corrected chi connectivity index (χ2v) is 13.1. The van der Waals surface area contributed by atoms with Crippen LogP contribution in [-0.4, -0.2) is 32.4 Å². The van der Waals surface area contributed by atoms with Crippen molar-refractivity contribution in [2.24, 2.45) is 5.41 Å². The Morgan fingerprint density at radius 1 is 1.19 bits per heavy atom. The molecule has 36 heavy (non-hydrogen) atoms. The Hall–Kier alpha value is -2.64. The van der Waals surface area contributed by atoms with Crippen molar-refractivity contribution in [2.75, 3.05) is 20.6 Å². The van der Waals surface area contributed by atoms with E-state index < -0.39 is 37.1 Å². The van der Waals surface area contributed by atoms with E-state index in [9.17, 15) is 14.2 Å². The van der Waals surface area contributed by atoms with Gasteiger partial charge in [0.2, 0.25) is 13.3 Å². The first-order chi connectivity index (χ1) is 16.9. The molecule has 192 valence electrons. The van der Waals surface area contributed by atoms with Gasteiger partial charge in [-0.3, -0.25) is 18.7 Å². The van der Waals surface area contributed by atoms with Gasteiger partial charge in [0.1, 0.15) is 11.4 Å². The van der Waals surface area contributed by atoms with Gasteiger partial charge in [0.15, 0.2) is 6.79 Å². The largest absolute Gasteiger partial charge is 0.496 e. The number of rotatable bonds is 9. The van der Waals surface area contributed by atoms with Crippen LogP contribution in [-0.2, 0) is 23.4 Å². The van der Waals surface area contributed by atoms with Crippen molar-refractivity contribution in [3.05, 3.63) is 70.2 Å². The molecule has 3 rings (SSSR count). The van der Waals surface area contributed by atoms with E-state index in [1.807, 2.05) is 24.3 Å². The zero-order chi connectivity index (χ0) is 26.5. The molecule has 2 atom stereocenters. The smallest absolute Gasteiger partial charge is 0.313 e. The fourth-order valence-corrected chi connectivity index (χ4v) is 6.28. The van der Waals surface area contributed by atoms with Gasteiger partial charge >= 0.3 is 5.97 Å². The molecule has 0 aliphatic carbocycles. The molecule has 0 radical (unpaired) electrons. The van der Waals surface area contributed by atoms with Crippen LogP contribution >= 0.6 is 30.3 Å². The molecule has 3 aromatic rings. The molecule has 1 amide bonds. The second-order valence-electron chi connectivity index (χ2n) is 9.16. The number of hydrogen-bond acceptors (Lipinski definition) is 7. The fraction of sp³-hybridized carbons (Fsp3) is 0.308. The summed E-state index contributed by atoms with van der Waals surface area (Å²) in [6.45, 7) is 5.93. The topological polar surface area (TPSA) is 90.9 Å². The Kier molecular flexibility index (Phi) is 9.01. The number of thiophene rings is 1. The van der Waals surface area contributed by atoms with Crippen molar-refractivity contribution in [2.45, 2.75) is 26.4 Å². The van der Waals surface area contributed by atoms with Gasteiger partial charge < -0.3 is 14.8 Å². The van der Waals surface area contributed by atoms with E-state index >= 15 is 0 Å². The number of nitrogens with one attached hydrogen (secondary N) is 1. The van der Waals surface area contributed by atoms with Crippen LogP contribution in [0, 0.1) is 5.41 Å². The lowest BCUT2D eigenvalue weighted by Crippen LogP contribution is -2.27. The number of halogens is 1. The van der Waals surface area contributed by atoms with E-state index in [2.05, 4.69) is 5.32 Å². The highest BCUT2D eigenvalue weighted by molar-refractivity contribution is 7.59. The highest BCUT2D eigenvalue weighted by Crippen LogP contribution is 2.59. The summed E-state index contributed by atoms with van der Waals surface area (Å²) in [7, 11) is -2.13. The van der Waals surface area contributed by atoms with Gasteiger partial charge in [-0.25, -0.2) is 0 Å². The molecule has 2 unspecified atom stereocenters. The van der Waals surface area contributed by atoms with Crippen LogP contribution in [0.2, 0.25) is 5.02 Å². The SMILES string of the molecule is COc1ccccc1C=CNC(=O)C(c1csc2ccc(Cl)cc12)P(C)(=O)OCOC(=O)C(C)(C)C. The summed E-state index contributed by atoms with van der Waals surface area (Å²) in [5.74, 6) is -0.395. The highest BCUT2D eigenvalue weighted by Gasteiger charge is 2.39. The molecule has 1 N–H and O–H groups in total. The van der Waals surface area contributed by atoms with Crippen LogP contribution in [0.4, 0.5) is 0 Å². The molecule has 0 spiro atoms. The third-order valence-corrected chi connectivity index (χ3v) is 8.60. The third-order valence-electron chi connectivity index (χ3n) is 5.32. The zero-order valence-corrected chi connectivity index (χ0v) is 23.2. The van der Waals surface area contributed by atoms with Crippen LogP contribution in [0.3, 0.4) is 0 Å². The van der Waals surface area contributed by atoms with Crippen molar-refractivity contribution in [1.82, 2.24) is 5.32 Å². The number of hydrogen-bond donors (Lipinski definition) is 1. The normalized spacial score (nSPS) is 14.4. The molecule has 7 nitrogen and oxygen atoms in total. The lowest BCUT2D eigenvalue weighted by atomic mass is 9.98. The number of carbonyl (C=O) groups excluding carboxylic acids is 2. The number of methoxy groups -OCH3 is 1. The number of esters is 1. The van der Waals surface area contributed by atoms with Gasteiger partial charge in [0, 0.05) is 28.2 Å². The number of carbonyl (C=O) groups is 2. The summed E-state index contributed by atoms with van der Waals surface area (Å²) < 4.78 is 30.7. The van der Waals surface area contributed by atoms with Crippen molar-refractivity contribution >= 4 is 58.3 Å². The van der Waals surface area contributed by atoms with E-state index in [0.717, 1.165) is 10.3 Å². The van der Waals surface area contributed by atoms with Crippen molar-refractivity contribution < 1.29 is 28.2 Å². The fourth-order valence-electron chi connectivity index (χ4n) is 3.41. The number of benzene rings is 2. The number of para-hydroxylation sites is 1. The predicted octanol–water partition coefficient (Wildman–Crippen LogP) is 6.86. The Balaban J connectivity index is 1.90. The molecule has 0 saturated heterocycles. The van der Waals surface area contributed by atoms with Gasteiger partial charge in [-0.05, 0) is 67.4 Å². The maximum absolute atomic E-state index is 13.8. The molecule has 0 fully saturated rings. The van der Waals surface area contributed by atoms with E-state index in [4.69, 9.17) is 25.6 Å². The molecule has 2 aromatic carbocycles. The quantitative estimate of drug-likeness (QED) is 0.178. The first-order valence-electron chi connectivity index (χ1n) is 11.1. The number of amides is 1. The minimum Gasteiger partial charge on any atom is -0.496 e. The van der Waals surface area contributed by atoms with Crippen LogP contribution in [0.15, 0.2) is 54.0 Å². The average Bonchev–Trinajstić information content (AvgIpc) is 3.21. The van der Waals surface area contributed by atoms with Crippen LogP contribution in [0.5, 0.6) is 5.75 Å². The standard InChI is InChI=1S/C26H29ClNO6PS/c1-26(2,3)25(30)33-16-34-35(5,31)23(20-15-36-22-11-10-18(27)14-19(20)22)24(29)28-13-12-17-8-6-7-9-21(17)32-4/h6-15,23H,16H2,1-5H3,(H,28,29). The second kappa shape index (κ2) is 11.6. The van der Waals surface area contributed by atoms with Crippen molar-refractivity contribution in [3.8, 4) is 5.75 Å². The summed E-state index contributed by atoms with van der Waals surface area (Å²) >= 11 is 7.62. The molecular formula is C26H29ClNO6PS. The lowest BCUT2D eigenvalue weighted by molar-refractivity contribution is -0.159. The van der Waals surface area contributed by atoms with E-state index in [-0.39, 0.29) is 0 Å². The van der Waals surface area contributed by atoms with Crippen LogP contribution in [0.25, 0.3) is 16.2 Å². The first-order valence-corrected chi connectivity index (χ1v) is 14.5. The summed E-state index contributed by atoms with van der Waals surface area (Å²) in [4.78, 5) is 25.6. The molecule has 0 aliphatic rings. The molecule has 0 saturated carbocycles. The molecule has 1 heterocycles. The van der Waals surface area contributed by atoms with Crippen LogP contribution < -0.4 is 10.1 Å². The molecular weight excluding hydrogens is 521 g/mol. The van der Waals surface area contributed by atoms with E-state index in [1.165, 1.54) is 24.2 Å². The molecule has 10 heteroatoms. The summed E-state index contributed by atoms with van der Waals surface area (Å²) in [6.07, 6.45) is 3.15. The van der Waals surface area contributed by atoms with Gasteiger partial charge in [0.05, 0.1) is 12.5 Å². The highest BCUT2D eigenvalue weighted by atomic mass is 35.5. The van der Waals surface area contributed by atoms with Crippen molar-refractivity contribution in [1.29, 1.82) is 0 Å². The Labute approximate surface area is 219 Å². The molecule has 1 aromatic heterocycles. The zero-order valence-electron chi connectivity index (χ0n) is 20.7. The monoisotopic (exact) mass is 549 g/mol. The van der Waals surface area contributed by atoms with Crippen molar-refractivity contribution in [3.63, 3.8) is 0 Å². The van der Waals surface area contributed by atoms with Gasteiger partial charge in [-0.2, -0.15) is 0 Å². The minimum atomic E-state index is -3.69. The third kappa shape index (κ3) is 6.77. The minimum absolute atomic E-state index is 0.489. The Morgan fingerprint density at radius 2 is 1.92 bits per heavy atom. The van der Waals surface area contributed by atoms with Gasteiger partial charge in [0.25, 0.3) is 0 Å². The molecule has 0 bridgehead atoms.